The van der Waals surface area contributed by atoms with E-state index in [1.165, 1.54) is 11.8 Å². The number of thioether (sulfide) groups is 1. The highest BCUT2D eigenvalue weighted by Crippen LogP contribution is 2.35. The monoisotopic (exact) mass is 455 g/mol. The van der Waals surface area contributed by atoms with Crippen LogP contribution in [-0.4, -0.2) is 9.55 Å². The van der Waals surface area contributed by atoms with Crippen molar-refractivity contribution in [2.45, 2.75) is 18.2 Å². The molecule has 2 aromatic heterocycles. The largest absolute Gasteiger partial charge is 0.316 e. The van der Waals surface area contributed by atoms with Gasteiger partial charge in [0.05, 0.1) is 25.8 Å². The second-order valence-corrected chi connectivity index (χ2v) is 9.59. The van der Waals surface area contributed by atoms with Crippen molar-refractivity contribution >= 4 is 62.6 Å². The summed E-state index contributed by atoms with van der Waals surface area (Å²) in [7, 11) is 0. The van der Waals surface area contributed by atoms with Crippen LogP contribution in [0.5, 0.6) is 0 Å². The van der Waals surface area contributed by atoms with Crippen LogP contribution in [0.3, 0.4) is 0 Å². The molecule has 0 aliphatic carbocycles. The first-order valence-corrected chi connectivity index (χ1v) is 11.1. The molecule has 2 heterocycles. The Balaban J connectivity index is 1.71. The standard InChI is InChI=1S/C22H15Cl2N3S2/c1-13-9-15(14(2)27(13)20-11-16(23)7-8-18(20)24)10-17(12-25)28-22-26-19-5-3-4-6-21(19)29-22/h3-11H,1-2H3. The van der Waals surface area contributed by atoms with Gasteiger partial charge in [-0.25, -0.2) is 4.98 Å². The van der Waals surface area contributed by atoms with Crippen molar-refractivity contribution in [1.29, 1.82) is 5.26 Å². The number of rotatable bonds is 4. The molecule has 0 saturated carbocycles. The van der Waals surface area contributed by atoms with Crippen LogP contribution in [-0.2, 0) is 0 Å². The van der Waals surface area contributed by atoms with Gasteiger partial charge in [0.1, 0.15) is 6.07 Å². The highest BCUT2D eigenvalue weighted by atomic mass is 35.5. The second kappa shape index (κ2) is 8.25. The van der Waals surface area contributed by atoms with Crippen LogP contribution < -0.4 is 0 Å². The molecule has 2 aromatic carbocycles. The van der Waals surface area contributed by atoms with Gasteiger partial charge in [0.15, 0.2) is 4.34 Å². The number of nitriles is 1. The topological polar surface area (TPSA) is 41.6 Å². The second-order valence-electron chi connectivity index (χ2n) is 6.43. The first kappa shape index (κ1) is 20.1. The van der Waals surface area contributed by atoms with Crippen molar-refractivity contribution in [2.75, 3.05) is 0 Å². The lowest BCUT2D eigenvalue weighted by Crippen LogP contribution is -2.00. The first-order valence-electron chi connectivity index (χ1n) is 8.76. The van der Waals surface area contributed by atoms with Gasteiger partial charge >= 0.3 is 0 Å². The van der Waals surface area contributed by atoms with Crippen molar-refractivity contribution in [3.63, 3.8) is 0 Å². The van der Waals surface area contributed by atoms with E-state index in [1.54, 1.807) is 23.5 Å². The fourth-order valence-corrected chi connectivity index (χ4v) is 5.51. The fourth-order valence-electron chi connectivity index (χ4n) is 3.18. The zero-order chi connectivity index (χ0) is 20.5. The van der Waals surface area contributed by atoms with Crippen LogP contribution >= 0.6 is 46.3 Å². The first-order chi connectivity index (χ1) is 14.0. The number of hydrogen-bond acceptors (Lipinski definition) is 4. The summed E-state index contributed by atoms with van der Waals surface area (Å²) < 4.78 is 4.02. The average molecular weight is 456 g/mol. The summed E-state index contributed by atoms with van der Waals surface area (Å²) in [6.07, 6.45) is 1.90. The van der Waals surface area contributed by atoms with Crippen LogP contribution in [0.25, 0.3) is 22.0 Å². The van der Waals surface area contributed by atoms with E-state index < -0.39 is 0 Å². The number of hydrogen-bond donors (Lipinski definition) is 0. The lowest BCUT2D eigenvalue weighted by molar-refractivity contribution is 0.965. The van der Waals surface area contributed by atoms with Gasteiger partial charge in [-0.15, -0.1) is 11.3 Å². The minimum atomic E-state index is 0.585. The van der Waals surface area contributed by atoms with Crippen molar-refractivity contribution in [2.24, 2.45) is 0 Å². The molecule has 7 heteroatoms. The molecular weight excluding hydrogens is 441 g/mol. The molecule has 0 unspecified atom stereocenters. The molecular formula is C22H15Cl2N3S2. The summed E-state index contributed by atoms with van der Waals surface area (Å²) in [4.78, 5) is 5.19. The van der Waals surface area contributed by atoms with E-state index in [1.807, 2.05) is 56.3 Å². The number of nitrogens with zero attached hydrogens (tertiary/aromatic N) is 3. The molecule has 0 spiro atoms. The maximum absolute atomic E-state index is 9.68. The minimum Gasteiger partial charge on any atom is -0.316 e. The lowest BCUT2D eigenvalue weighted by Gasteiger charge is -2.12. The zero-order valence-corrected chi connectivity index (χ0v) is 18.8. The molecule has 4 aromatic rings. The van der Waals surface area contributed by atoms with Gasteiger partial charge in [0.2, 0.25) is 0 Å². The highest BCUT2D eigenvalue weighted by Gasteiger charge is 2.14. The highest BCUT2D eigenvalue weighted by molar-refractivity contribution is 8.05. The van der Waals surface area contributed by atoms with Crippen LogP contribution in [0.2, 0.25) is 10.0 Å². The number of aromatic nitrogens is 2. The number of fused-ring (bicyclic) bond motifs is 1. The molecule has 0 fully saturated rings. The molecule has 4 rings (SSSR count). The van der Waals surface area contributed by atoms with Crippen LogP contribution in [0.1, 0.15) is 17.0 Å². The van der Waals surface area contributed by atoms with Crippen LogP contribution in [0.4, 0.5) is 0 Å². The molecule has 0 bridgehead atoms. The zero-order valence-electron chi connectivity index (χ0n) is 15.6. The van der Waals surface area contributed by atoms with Gasteiger partial charge in [-0.05, 0) is 73.6 Å². The number of halogens is 2. The molecule has 0 amide bonds. The third-order valence-electron chi connectivity index (χ3n) is 4.49. The Morgan fingerprint density at radius 3 is 2.72 bits per heavy atom. The summed E-state index contributed by atoms with van der Waals surface area (Å²) in [5.41, 5.74) is 4.74. The summed E-state index contributed by atoms with van der Waals surface area (Å²) >= 11 is 15.5. The van der Waals surface area contributed by atoms with Crippen LogP contribution in [0, 0.1) is 25.2 Å². The van der Waals surface area contributed by atoms with E-state index in [2.05, 4.69) is 15.6 Å². The summed E-state index contributed by atoms with van der Waals surface area (Å²) in [5.74, 6) is 0. The smallest absolute Gasteiger partial charge is 0.156 e. The van der Waals surface area contributed by atoms with E-state index >= 15 is 0 Å². The van der Waals surface area contributed by atoms with E-state index in [0.29, 0.717) is 15.0 Å². The van der Waals surface area contributed by atoms with Crippen molar-refractivity contribution in [3.05, 3.63) is 80.4 Å². The third-order valence-corrected chi connectivity index (χ3v) is 7.07. The number of aryl methyl sites for hydroxylation is 1. The Kier molecular flexibility index (Phi) is 5.71. The molecule has 0 atom stereocenters. The van der Waals surface area contributed by atoms with Crippen molar-refractivity contribution < 1.29 is 0 Å². The Morgan fingerprint density at radius 2 is 1.97 bits per heavy atom. The van der Waals surface area contributed by atoms with E-state index in [4.69, 9.17) is 23.2 Å². The van der Waals surface area contributed by atoms with Gasteiger partial charge in [-0.3, -0.25) is 0 Å². The molecule has 0 saturated heterocycles. The SMILES string of the molecule is Cc1cc(C=C(C#N)Sc2nc3ccccc3s2)c(C)n1-c1cc(Cl)ccc1Cl. The number of thiazole rings is 1. The molecule has 0 aliphatic rings. The molecule has 29 heavy (non-hydrogen) atoms. The molecule has 3 nitrogen and oxygen atoms in total. The summed E-state index contributed by atoms with van der Waals surface area (Å²) in [6.45, 7) is 4.02. The quantitative estimate of drug-likeness (QED) is 0.234. The van der Waals surface area contributed by atoms with Crippen molar-refractivity contribution in [3.8, 4) is 11.8 Å². The minimum absolute atomic E-state index is 0.585. The Hall–Kier alpha value is -2.23. The van der Waals surface area contributed by atoms with Gasteiger partial charge in [-0.1, -0.05) is 35.3 Å². The maximum atomic E-state index is 9.68. The predicted octanol–water partition coefficient (Wildman–Crippen LogP) is 7.67. The summed E-state index contributed by atoms with van der Waals surface area (Å²) in [6, 6.07) is 17.7. The predicted molar refractivity (Wildman–Crippen MR) is 124 cm³/mol. The molecule has 0 aliphatic heterocycles. The Morgan fingerprint density at radius 1 is 1.17 bits per heavy atom. The molecule has 0 N–H and O–H groups in total. The van der Waals surface area contributed by atoms with Crippen LogP contribution in [0.15, 0.2) is 57.8 Å². The maximum Gasteiger partial charge on any atom is 0.156 e. The van der Waals surface area contributed by atoms with Crippen molar-refractivity contribution in [1.82, 2.24) is 9.55 Å². The number of benzene rings is 2. The summed E-state index contributed by atoms with van der Waals surface area (Å²) in [5, 5.41) is 10.9. The number of allylic oxidation sites excluding steroid dienone is 1. The third kappa shape index (κ3) is 4.08. The lowest BCUT2D eigenvalue weighted by atomic mass is 10.2. The van der Waals surface area contributed by atoms with E-state index in [0.717, 1.165) is 37.2 Å². The Labute approximate surface area is 187 Å². The van der Waals surface area contributed by atoms with Gasteiger partial charge < -0.3 is 4.57 Å². The average Bonchev–Trinajstić information content (AvgIpc) is 3.23. The van der Waals surface area contributed by atoms with E-state index in [9.17, 15) is 5.26 Å². The van der Waals surface area contributed by atoms with Gasteiger partial charge in [0.25, 0.3) is 0 Å². The molecule has 0 radical (unpaired) electrons. The van der Waals surface area contributed by atoms with Gasteiger partial charge in [0, 0.05) is 16.4 Å². The van der Waals surface area contributed by atoms with Gasteiger partial charge in [-0.2, -0.15) is 5.26 Å². The normalized spacial score (nSPS) is 11.8. The fraction of sp³-hybridized carbons (Fsp3) is 0.0909. The number of para-hydroxylation sites is 1. The molecule has 144 valence electrons. The Bertz CT molecular complexity index is 1260. The van der Waals surface area contributed by atoms with E-state index in [-0.39, 0.29) is 0 Å².